The Morgan fingerprint density at radius 2 is 2.26 bits per heavy atom. The van der Waals surface area contributed by atoms with Crippen molar-refractivity contribution in [3.63, 3.8) is 0 Å². The van der Waals surface area contributed by atoms with Crippen LogP contribution in [-0.4, -0.2) is 27.7 Å². The molecular formula is C12H10I2N4O. The first-order valence-electron chi connectivity index (χ1n) is 5.32. The average molecular weight is 480 g/mol. The number of nitrogens with zero attached hydrogens (tertiary/aromatic N) is 4. The molecule has 0 aliphatic carbocycles. The lowest BCUT2D eigenvalue weighted by molar-refractivity contribution is 0.360. The van der Waals surface area contributed by atoms with Crippen LogP contribution in [0, 0.1) is 7.14 Å². The predicted molar refractivity (Wildman–Crippen MR) is 90.6 cm³/mol. The highest BCUT2D eigenvalue weighted by Crippen LogP contribution is 2.27. The summed E-state index contributed by atoms with van der Waals surface area (Å²) in [5.41, 5.74) is 0.897. The summed E-state index contributed by atoms with van der Waals surface area (Å²) >= 11 is 4.51. The fourth-order valence-corrected chi connectivity index (χ4v) is 3.40. The zero-order valence-electron chi connectivity index (χ0n) is 9.83. The van der Waals surface area contributed by atoms with Gasteiger partial charge in [-0.1, -0.05) is 12.7 Å². The van der Waals surface area contributed by atoms with Gasteiger partial charge in [0.25, 0.3) is 0 Å². The maximum Gasteiger partial charge on any atom is 0.142 e. The molecule has 1 aromatic carbocycles. The lowest BCUT2D eigenvalue weighted by Gasteiger charge is -2.10. The average Bonchev–Trinajstić information content (AvgIpc) is 2.88. The van der Waals surface area contributed by atoms with Crippen molar-refractivity contribution in [2.24, 2.45) is 5.10 Å². The van der Waals surface area contributed by atoms with Crippen molar-refractivity contribution < 1.29 is 4.74 Å². The van der Waals surface area contributed by atoms with Gasteiger partial charge in [0.2, 0.25) is 0 Å². The summed E-state index contributed by atoms with van der Waals surface area (Å²) in [6.07, 6.45) is 6.38. The third kappa shape index (κ3) is 4.00. The van der Waals surface area contributed by atoms with Crippen LogP contribution >= 0.6 is 45.2 Å². The van der Waals surface area contributed by atoms with Gasteiger partial charge in [-0.25, -0.2) is 4.98 Å². The molecule has 1 heterocycles. The molecule has 0 aliphatic rings. The van der Waals surface area contributed by atoms with Crippen molar-refractivity contribution in [3.05, 3.63) is 50.1 Å². The third-order valence-corrected chi connectivity index (χ3v) is 3.53. The Balaban J connectivity index is 2.34. The van der Waals surface area contributed by atoms with Gasteiger partial charge in [0.05, 0.1) is 9.78 Å². The van der Waals surface area contributed by atoms with Crippen LogP contribution in [0.5, 0.6) is 5.75 Å². The number of aromatic nitrogens is 3. The standard InChI is InChI=1S/C12H10I2N4O/c1-2-3-19-12-9(4-10(13)5-11(12)14)6-16-18-8-15-7-17-18/h2,4-8H,1,3H2. The molecule has 0 saturated heterocycles. The van der Waals surface area contributed by atoms with Gasteiger partial charge in [-0.3, -0.25) is 0 Å². The Morgan fingerprint density at radius 1 is 1.42 bits per heavy atom. The quantitative estimate of drug-likeness (QED) is 0.376. The topological polar surface area (TPSA) is 52.3 Å². The van der Waals surface area contributed by atoms with Gasteiger partial charge in [0, 0.05) is 9.13 Å². The van der Waals surface area contributed by atoms with Crippen LogP contribution in [0.3, 0.4) is 0 Å². The van der Waals surface area contributed by atoms with Crippen molar-refractivity contribution in [1.29, 1.82) is 0 Å². The van der Waals surface area contributed by atoms with Gasteiger partial charge in [0.15, 0.2) is 0 Å². The van der Waals surface area contributed by atoms with E-state index >= 15 is 0 Å². The first kappa shape index (κ1) is 14.4. The maximum absolute atomic E-state index is 5.68. The molecule has 0 atom stereocenters. The Hall–Kier alpha value is -0.970. The number of ether oxygens (including phenoxy) is 1. The van der Waals surface area contributed by atoms with Crippen molar-refractivity contribution in [2.45, 2.75) is 0 Å². The minimum absolute atomic E-state index is 0.459. The van der Waals surface area contributed by atoms with E-state index in [1.165, 1.54) is 17.4 Å². The highest BCUT2D eigenvalue weighted by Gasteiger charge is 2.08. The third-order valence-electron chi connectivity index (χ3n) is 2.10. The molecule has 7 heteroatoms. The zero-order chi connectivity index (χ0) is 13.7. The van der Waals surface area contributed by atoms with Gasteiger partial charge in [-0.2, -0.15) is 5.10 Å². The molecular weight excluding hydrogens is 470 g/mol. The normalized spacial score (nSPS) is 10.8. The van der Waals surface area contributed by atoms with Crippen LogP contribution in [0.15, 0.2) is 42.5 Å². The van der Waals surface area contributed by atoms with Crippen LogP contribution in [0.25, 0.3) is 0 Å². The molecule has 1 aromatic heterocycles. The van der Waals surface area contributed by atoms with Crippen LogP contribution in [0.4, 0.5) is 0 Å². The molecule has 5 nitrogen and oxygen atoms in total. The van der Waals surface area contributed by atoms with E-state index in [4.69, 9.17) is 4.74 Å². The van der Waals surface area contributed by atoms with Crippen molar-refractivity contribution in [2.75, 3.05) is 6.61 Å². The maximum atomic E-state index is 5.68. The summed E-state index contributed by atoms with van der Waals surface area (Å²) in [6, 6.07) is 4.05. The lowest BCUT2D eigenvalue weighted by Crippen LogP contribution is -2.01. The first-order chi connectivity index (χ1) is 9.20. The monoisotopic (exact) mass is 480 g/mol. The molecule has 2 rings (SSSR count). The number of benzene rings is 1. The van der Waals surface area contributed by atoms with E-state index in [1.807, 2.05) is 12.1 Å². The Morgan fingerprint density at radius 3 is 2.95 bits per heavy atom. The second-order valence-corrected chi connectivity index (χ2v) is 5.87. The largest absolute Gasteiger partial charge is 0.488 e. The molecule has 0 aliphatic heterocycles. The summed E-state index contributed by atoms with van der Waals surface area (Å²) in [4.78, 5) is 5.23. The Kier molecular flexibility index (Phi) is 5.31. The van der Waals surface area contributed by atoms with Gasteiger partial charge < -0.3 is 4.74 Å². The highest BCUT2D eigenvalue weighted by molar-refractivity contribution is 14.1. The first-order valence-corrected chi connectivity index (χ1v) is 7.48. The Bertz CT molecular complexity index is 596. The molecule has 0 bridgehead atoms. The molecule has 98 valence electrons. The van der Waals surface area contributed by atoms with Crippen LogP contribution in [0.2, 0.25) is 0 Å². The predicted octanol–water partition coefficient (Wildman–Crippen LogP) is 2.93. The molecule has 0 saturated carbocycles. The zero-order valence-corrected chi connectivity index (χ0v) is 14.1. The van der Waals surface area contributed by atoms with Crippen molar-refractivity contribution in [3.8, 4) is 5.75 Å². The van der Waals surface area contributed by atoms with E-state index in [-0.39, 0.29) is 0 Å². The lowest BCUT2D eigenvalue weighted by atomic mass is 10.2. The molecule has 0 spiro atoms. The van der Waals surface area contributed by atoms with Crippen LogP contribution in [0.1, 0.15) is 5.56 Å². The number of hydrogen-bond donors (Lipinski definition) is 0. The summed E-state index contributed by atoms with van der Waals surface area (Å²) in [5.74, 6) is 0.796. The van der Waals surface area contributed by atoms with Crippen LogP contribution < -0.4 is 4.74 Å². The summed E-state index contributed by atoms with van der Waals surface area (Å²) < 4.78 is 7.83. The minimum Gasteiger partial charge on any atom is -0.488 e. The fraction of sp³-hybridized carbons (Fsp3) is 0.0833. The molecule has 0 fully saturated rings. The van der Waals surface area contributed by atoms with Gasteiger partial charge >= 0.3 is 0 Å². The summed E-state index contributed by atoms with van der Waals surface area (Å²) in [6.45, 7) is 4.11. The second kappa shape index (κ2) is 6.98. The van der Waals surface area contributed by atoms with E-state index in [0.717, 1.165) is 18.5 Å². The molecule has 19 heavy (non-hydrogen) atoms. The molecule has 0 unspecified atom stereocenters. The molecule has 0 radical (unpaired) electrons. The highest BCUT2D eigenvalue weighted by atomic mass is 127. The van der Waals surface area contributed by atoms with Crippen molar-refractivity contribution >= 4 is 51.4 Å². The number of rotatable bonds is 5. The van der Waals surface area contributed by atoms with E-state index in [2.05, 4.69) is 66.9 Å². The van der Waals surface area contributed by atoms with E-state index in [1.54, 1.807) is 12.3 Å². The fourth-order valence-electron chi connectivity index (χ4n) is 1.35. The summed E-state index contributed by atoms with van der Waals surface area (Å²) in [7, 11) is 0. The molecule has 0 amide bonds. The van der Waals surface area contributed by atoms with E-state index in [0.29, 0.717) is 6.61 Å². The number of halogens is 2. The molecule has 0 N–H and O–H groups in total. The smallest absolute Gasteiger partial charge is 0.142 e. The summed E-state index contributed by atoms with van der Waals surface area (Å²) in [5, 5.41) is 8.11. The minimum atomic E-state index is 0.459. The van der Waals surface area contributed by atoms with Crippen LogP contribution in [-0.2, 0) is 0 Å². The number of hydrogen-bond acceptors (Lipinski definition) is 4. The van der Waals surface area contributed by atoms with Crippen molar-refractivity contribution in [1.82, 2.24) is 14.9 Å². The second-order valence-electron chi connectivity index (χ2n) is 3.47. The van der Waals surface area contributed by atoms with Gasteiger partial charge in [-0.05, 0) is 57.3 Å². The van der Waals surface area contributed by atoms with E-state index in [9.17, 15) is 0 Å². The SMILES string of the molecule is C=CCOc1c(I)cc(I)cc1C=Nn1cncn1. The van der Waals surface area contributed by atoms with E-state index < -0.39 is 0 Å². The molecule has 2 aromatic rings. The van der Waals surface area contributed by atoms with Gasteiger partial charge in [0.1, 0.15) is 25.0 Å². The van der Waals surface area contributed by atoms with Gasteiger partial charge in [-0.15, -0.1) is 9.89 Å². The Labute approximate surface area is 138 Å².